The molecule has 0 fully saturated rings. The Morgan fingerprint density at radius 2 is 1.92 bits per heavy atom. The first kappa shape index (κ1) is 16.3. The van der Waals surface area contributed by atoms with Crippen molar-refractivity contribution in [1.29, 1.82) is 0 Å². The van der Waals surface area contributed by atoms with Gasteiger partial charge in [0.15, 0.2) is 0 Å². The SMILES string of the molecule is Cc1ccc(C)c(N=Cc2c(C)[nH]n(-c3cccc(Cl)c3)c2=O)c1. The smallest absolute Gasteiger partial charge is 0.280 e. The Morgan fingerprint density at radius 1 is 1.12 bits per heavy atom. The Morgan fingerprint density at radius 3 is 2.67 bits per heavy atom. The van der Waals surface area contributed by atoms with Gasteiger partial charge >= 0.3 is 0 Å². The van der Waals surface area contributed by atoms with Gasteiger partial charge in [0, 0.05) is 16.9 Å². The summed E-state index contributed by atoms with van der Waals surface area (Å²) in [5.74, 6) is 0. The van der Waals surface area contributed by atoms with Gasteiger partial charge in [-0.3, -0.25) is 14.9 Å². The molecule has 2 aromatic carbocycles. The molecule has 0 aliphatic heterocycles. The highest BCUT2D eigenvalue weighted by Gasteiger charge is 2.11. The van der Waals surface area contributed by atoms with Crippen LogP contribution in [-0.2, 0) is 0 Å². The zero-order chi connectivity index (χ0) is 17.3. The first-order chi connectivity index (χ1) is 11.5. The van der Waals surface area contributed by atoms with Gasteiger partial charge in [-0.25, -0.2) is 4.68 Å². The minimum atomic E-state index is -0.149. The second-order valence-electron chi connectivity index (χ2n) is 5.82. The molecule has 0 saturated heterocycles. The average Bonchev–Trinajstić information content (AvgIpc) is 2.83. The van der Waals surface area contributed by atoms with Crippen molar-refractivity contribution >= 4 is 23.5 Å². The minimum absolute atomic E-state index is 0.149. The van der Waals surface area contributed by atoms with E-state index in [-0.39, 0.29) is 5.56 Å². The molecule has 1 N–H and O–H groups in total. The van der Waals surface area contributed by atoms with E-state index in [2.05, 4.69) is 10.1 Å². The fraction of sp³-hybridized carbons (Fsp3) is 0.158. The number of hydrogen-bond acceptors (Lipinski definition) is 2. The van der Waals surface area contributed by atoms with E-state index in [9.17, 15) is 4.79 Å². The number of aromatic nitrogens is 2. The second kappa shape index (κ2) is 6.49. The Bertz CT molecular complexity index is 983. The quantitative estimate of drug-likeness (QED) is 0.702. The lowest BCUT2D eigenvalue weighted by Gasteiger charge is -2.01. The molecule has 0 bridgehead atoms. The first-order valence-corrected chi connectivity index (χ1v) is 8.02. The van der Waals surface area contributed by atoms with Crippen molar-refractivity contribution in [2.75, 3.05) is 0 Å². The molecule has 5 heteroatoms. The number of aromatic amines is 1. The summed E-state index contributed by atoms with van der Waals surface area (Å²) in [5.41, 5.74) is 4.91. The lowest BCUT2D eigenvalue weighted by atomic mass is 10.1. The van der Waals surface area contributed by atoms with Crippen LogP contribution in [0.3, 0.4) is 0 Å². The van der Waals surface area contributed by atoms with Gasteiger partial charge in [0.1, 0.15) is 0 Å². The molecule has 122 valence electrons. The third-order valence-electron chi connectivity index (χ3n) is 3.88. The number of H-pyrrole nitrogens is 1. The molecule has 0 atom stereocenters. The van der Waals surface area contributed by atoms with Crippen LogP contribution in [0.1, 0.15) is 22.4 Å². The van der Waals surface area contributed by atoms with Crippen molar-refractivity contribution in [1.82, 2.24) is 9.78 Å². The predicted molar refractivity (Wildman–Crippen MR) is 99.3 cm³/mol. The van der Waals surface area contributed by atoms with Crippen LogP contribution in [0.2, 0.25) is 5.02 Å². The minimum Gasteiger partial charge on any atom is -0.295 e. The van der Waals surface area contributed by atoms with Gasteiger partial charge in [-0.15, -0.1) is 0 Å². The first-order valence-electron chi connectivity index (χ1n) is 7.64. The molecule has 3 rings (SSSR count). The van der Waals surface area contributed by atoms with E-state index in [0.717, 1.165) is 22.5 Å². The molecule has 0 aliphatic carbocycles. The van der Waals surface area contributed by atoms with E-state index in [1.54, 1.807) is 18.3 Å². The average molecular weight is 340 g/mol. The monoisotopic (exact) mass is 339 g/mol. The molecule has 3 aromatic rings. The third-order valence-corrected chi connectivity index (χ3v) is 4.12. The number of rotatable bonds is 3. The van der Waals surface area contributed by atoms with E-state index in [1.165, 1.54) is 4.68 Å². The van der Waals surface area contributed by atoms with Gasteiger partial charge in [-0.05, 0) is 56.2 Å². The number of hydrogen-bond donors (Lipinski definition) is 1. The summed E-state index contributed by atoms with van der Waals surface area (Å²) in [6.45, 7) is 5.87. The number of aryl methyl sites for hydroxylation is 3. The van der Waals surface area contributed by atoms with Crippen molar-refractivity contribution in [3.05, 3.63) is 80.2 Å². The van der Waals surface area contributed by atoms with Gasteiger partial charge in [-0.1, -0.05) is 29.8 Å². The predicted octanol–water partition coefficient (Wildman–Crippen LogP) is 4.49. The largest absolute Gasteiger partial charge is 0.295 e. The molecule has 4 nitrogen and oxygen atoms in total. The highest BCUT2D eigenvalue weighted by Crippen LogP contribution is 2.20. The molecule has 0 saturated carbocycles. The van der Waals surface area contributed by atoms with Gasteiger partial charge < -0.3 is 0 Å². The summed E-state index contributed by atoms with van der Waals surface area (Å²) in [7, 11) is 0. The second-order valence-corrected chi connectivity index (χ2v) is 6.26. The Labute approximate surface area is 145 Å². The van der Waals surface area contributed by atoms with Gasteiger partial charge in [0.25, 0.3) is 5.56 Å². The Balaban J connectivity index is 2.02. The van der Waals surface area contributed by atoms with E-state index in [4.69, 9.17) is 11.6 Å². The van der Waals surface area contributed by atoms with E-state index in [0.29, 0.717) is 16.3 Å². The standard InChI is InChI=1S/C19H18ClN3O/c1-12-7-8-13(2)18(9-12)21-11-17-14(3)22-23(19(17)24)16-6-4-5-15(20)10-16/h4-11,22H,1-3H3. The number of halogens is 1. The van der Waals surface area contributed by atoms with Crippen LogP contribution in [0.4, 0.5) is 5.69 Å². The van der Waals surface area contributed by atoms with Crippen LogP contribution in [0.25, 0.3) is 5.69 Å². The van der Waals surface area contributed by atoms with Crippen molar-refractivity contribution in [3.63, 3.8) is 0 Å². The molecule has 0 spiro atoms. The molecule has 1 aromatic heterocycles. The molecule has 0 unspecified atom stereocenters. The Kier molecular flexibility index (Phi) is 4.40. The van der Waals surface area contributed by atoms with Crippen LogP contribution in [0.15, 0.2) is 52.3 Å². The maximum absolute atomic E-state index is 12.7. The topological polar surface area (TPSA) is 50.1 Å². The summed E-state index contributed by atoms with van der Waals surface area (Å²) in [5, 5.41) is 3.65. The number of nitrogens with one attached hydrogen (secondary N) is 1. The van der Waals surface area contributed by atoms with Crippen LogP contribution < -0.4 is 5.56 Å². The Hall–Kier alpha value is -2.59. The van der Waals surface area contributed by atoms with E-state index < -0.39 is 0 Å². The molecule has 0 amide bonds. The van der Waals surface area contributed by atoms with Crippen LogP contribution >= 0.6 is 11.6 Å². The lowest BCUT2D eigenvalue weighted by Crippen LogP contribution is -2.17. The van der Waals surface area contributed by atoms with Crippen molar-refractivity contribution in [2.24, 2.45) is 4.99 Å². The van der Waals surface area contributed by atoms with Crippen molar-refractivity contribution in [3.8, 4) is 5.69 Å². The maximum Gasteiger partial charge on any atom is 0.280 e. The third kappa shape index (κ3) is 3.19. The summed E-state index contributed by atoms with van der Waals surface area (Å²) in [4.78, 5) is 17.2. The van der Waals surface area contributed by atoms with E-state index in [1.807, 2.05) is 51.1 Å². The van der Waals surface area contributed by atoms with Crippen LogP contribution in [0.5, 0.6) is 0 Å². The van der Waals surface area contributed by atoms with Crippen LogP contribution in [0, 0.1) is 20.8 Å². The normalized spacial score (nSPS) is 11.3. The zero-order valence-electron chi connectivity index (χ0n) is 13.8. The van der Waals surface area contributed by atoms with Crippen molar-refractivity contribution < 1.29 is 0 Å². The molecular weight excluding hydrogens is 322 g/mol. The molecule has 1 heterocycles. The molecule has 0 radical (unpaired) electrons. The van der Waals surface area contributed by atoms with Gasteiger partial charge in [0.2, 0.25) is 0 Å². The summed E-state index contributed by atoms with van der Waals surface area (Å²) >= 11 is 6.01. The maximum atomic E-state index is 12.7. The highest BCUT2D eigenvalue weighted by molar-refractivity contribution is 6.30. The lowest BCUT2D eigenvalue weighted by molar-refractivity contribution is 0.835. The zero-order valence-corrected chi connectivity index (χ0v) is 14.6. The van der Waals surface area contributed by atoms with Crippen LogP contribution in [-0.4, -0.2) is 16.0 Å². The highest BCUT2D eigenvalue weighted by atomic mass is 35.5. The number of benzene rings is 2. The number of nitrogens with zero attached hydrogens (tertiary/aromatic N) is 2. The van der Waals surface area contributed by atoms with Gasteiger partial charge in [0.05, 0.1) is 16.9 Å². The fourth-order valence-corrected chi connectivity index (χ4v) is 2.69. The number of aliphatic imine (C=N–C) groups is 1. The van der Waals surface area contributed by atoms with E-state index >= 15 is 0 Å². The summed E-state index contributed by atoms with van der Waals surface area (Å²) in [6.07, 6.45) is 1.62. The molecular formula is C19H18ClN3O. The molecule has 24 heavy (non-hydrogen) atoms. The molecule has 0 aliphatic rings. The van der Waals surface area contributed by atoms with Gasteiger partial charge in [-0.2, -0.15) is 0 Å². The fourth-order valence-electron chi connectivity index (χ4n) is 2.50. The summed E-state index contributed by atoms with van der Waals surface area (Å²) in [6, 6.07) is 13.2. The summed E-state index contributed by atoms with van der Waals surface area (Å²) < 4.78 is 1.48. The van der Waals surface area contributed by atoms with Crippen molar-refractivity contribution in [2.45, 2.75) is 20.8 Å².